The molecule has 0 heterocycles. The predicted molar refractivity (Wildman–Crippen MR) is 85.0 cm³/mol. The Labute approximate surface area is 123 Å². The van der Waals surface area contributed by atoms with Crippen molar-refractivity contribution >= 4 is 0 Å². The molecule has 0 aliphatic heterocycles. The van der Waals surface area contributed by atoms with Crippen molar-refractivity contribution in [2.75, 3.05) is 7.11 Å². The van der Waals surface area contributed by atoms with E-state index in [1.807, 2.05) is 12.1 Å². The van der Waals surface area contributed by atoms with Crippen molar-refractivity contribution in [1.29, 1.82) is 0 Å². The average Bonchev–Trinajstić information content (AvgIpc) is 2.33. The van der Waals surface area contributed by atoms with Crippen LogP contribution in [0.2, 0.25) is 0 Å². The van der Waals surface area contributed by atoms with Gasteiger partial charge in [-0.3, -0.25) is 0 Å². The van der Waals surface area contributed by atoms with Crippen LogP contribution in [0.1, 0.15) is 52.5 Å². The molecule has 2 rings (SSSR count). The Balaban J connectivity index is 2.00. The molecule has 0 amide bonds. The molecule has 0 spiro atoms. The summed E-state index contributed by atoms with van der Waals surface area (Å²) in [6.45, 7) is 10.5. The summed E-state index contributed by atoms with van der Waals surface area (Å²) in [5.41, 5.74) is 2.11. The van der Waals surface area contributed by atoms with Crippen molar-refractivity contribution in [1.82, 2.24) is 5.32 Å². The van der Waals surface area contributed by atoms with Crippen LogP contribution < -0.4 is 10.1 Å². The van der Waals surface area contributed by atoms with Crippen LogP contribution in [0.4, 0.5) is 0 Å². The van der Waals surface area contributed by atoms with Gasteiger partial charge in [-0.25, -0.2) is 0 Å². The van der Waals surface area contributed by atoms with E-state index in [2.05, 4.69) is 45.1 Å². The predicted octanol–water partition coefficient (Wildman–Crippen LogP) is 4.39. The van der Waals surface area contributed by atoms with Crippen molar-refractivity contribution in [3.8, 4) is 5.75 Å². The second kappa shape index (κ2) is 5.77. The van der Waals surface area contributed by atoms with E-state index in [4.69, 9.17) is 4.74 Å². The van der Waals surface area contributed by atoms with Crippen molar-refractivity contribution in [3.63, 3.8) is 0 Å². The van der Waals surface area contributed by atoms with E-state index in [0.29, 0.717) is 16.9 Å². The molecule has 1 aliphatic carbocycles. The standard InChI is InChI=1S/C18H29NO/c1-17(2)10-15(11-18(3,4)13-17)19-12-14-8-6-7-9-16(14)20-5/h6-9,15,19H,10-13H2,1-5H3. The quantitative estimate of drug-likeness (QED) is 0.880. The van der Waals surface area contributed by atoms with Gasteiger partial charge in [0.25, 0.3) is 0 Å². The van der Waals surface area contributed by atoms with Crippen molar-refractivity contribution in [2.24, 2.45) is 10.8 Å². The summed E-state index contributed by atoms with van der Waals surface area (Å²) in [6.07, 6.45) is 3.82. The molecule has 0 unspecified atom stereocenters. The Morgan fingerprint density at radius 3 is 2.30 bits per heavy atom. The zero-order chi connectivity index (χ0) is 14.8. The summed E-state index contributed by atoms with van der Waals surface area (Å²) in [5.74, 6) is 0.981. The monoisotopic (exact) mass is 275 g/mol. The first-order chi connectivity index (χ1) is 9.31. The number of benzene rings is 1. The minimum Gasteiger partial charge on any atom is -0.496 e. The molecule has 2 heteroatoms. The fourth-order valence-corrected chi connectivity index (χ4v) is 4.09. The molecule has 2 nitrogen and oxygen atoms in total. The number of ether oxygens (including phenoxy) is 1. The second-order valence-electron chi connectivity index (χ2n) is 7.80. The number of para-hydroxylation sites is 1. The summed E-state index contributed by atoms with van der Waals surface area (Å²) in [5, 5.41) is 3.74. The van der Waals surface area contributed by atoms with E-state index in [9.17, 15) is 0 Å². The van der Waals surface area contributed by atoms with Crippen LogP contribution in [0, 0.1) is 10.8 Å². The minimum absolute atomic E-state index is 0.431. The number of nitrogens with one attached hydrogen (secondary N) is 1. The summed E-state index contributed by atoms with van der Waals surface area (Å²) < 4.78 is 5.43. The van der Waals surface area contributed by atoms with Crippen molar-refractivity contribution < 1.29 is 4.74 Å². The normalized spacial score (nSPS) is 21.6. The highest BCUT2D eigenvalue weighted by molar-refractivity contribution is 5.33. The van der Waals surface area contributed by atoms with E-state index in [1.165, 1.54) is 24.8 Å². The number of hydrogen-bond donors (Lipinski definition) is 1. The Bertz CT molecular complexity index is 434. The fraction of sp³-hybridized carbons (Fsp3) is 0.667. The lowest BCUT2D eigenvalue weighted by atomic mass is 9.63. The Hall–Kier alpha value is -1.02. The van der Waals surface area contributed by atoms with Gasteiger partial charge in [0.2, 0.25) is 0 Å². The van der Waals surface area contributed by atoms with Gasteiger partial charge in [0.15, 0.2) is 0 Å². The Morgan fingerprint density at radius 1 is 1.10 bits per heavy atom. The van der Waals surface area contributed by atoms with Crippen molar-refractivity contribution in [2.45, 2.75) is 59.5 Å². The molecule has 1 fully saturated rings. The van der Waals surface area contributed by atoms with E-state index in [-0.39, 0.29) is 0 Å². The van der Waals surface area contributed by atoms with Crippen molar-refractivity contribution in [3.05, 3.63) is 29.8 Å². The third-order valence-corrected chi connectivity index (χ3v) is 4.33. The molecule has 1 saturated carbocycles. The lowest BCUT2D eigenvalue weighted by molar-refractivity contribution is 0.0844. The van der Waals surface area contributed by atoms with Gasteiger partial charge in [0.1, 0.15) is 5.75 Å². The summed E-state index contributed by atoms with van der Waals surface area (Å²) >= 11 is 0. The van der Waals surface area contributed by atoms with E-state index in [0.717, 1.165) is 12.3 Å². The van der Waals surface area contributed by atoms with Gasteiger partial charge in [-0.05, 0) is 36.2 Å². The Morgan fingerprint density at radius 2 is 1.70 bits per heavy atom. The van der Waals surface area contributed by atoms with E-state index in [1.54, 1.807) is 7.11 Å². The van der Waals surface area contributed by atoms with Gasteiger partial charge in [0, 0.05) is 18.2 Å². The summed E-state index contributed by atoms with van der Waals surface area (Å²) in [7, 11) is 1.74. The maximum atomic E-state index is 5.43. The maximum Gasteiger partial charge on any atom is 0.123 e. The van der Waals surface area contributed by atoms with E-state index < -0.39 is 0 Å². The average molecular weight is 275 g/mol. The number of methoxy groups -OCH3 is 1. The molecular formula is C18H29NO. The third-order valence-electron chi connectivity index (χ3n) is 4.33. The summed E-state index contributed by atoms with van der Waals surface area (Å²) in [4.78, 5) is 0. The molecule has 112 valence electrons. The second-order valence-corrected chi connectivity index (χ2v) is 7.80. The van der Waals surface area contributed by atoms with Crippen LogP contribution in [-0.2, 0) is 6.54 Å². The molecule has 0 aromatic heterocycles. The highest BCUT2D eigenvalue weighted by Crippen LogP contribution is 2.45. The number of hydrogen-bond acceptors (Lipinski definition) is 2. The lowest BCUT2D eigenvalue weighted by Gasteiger charge is -2.45. The lowest BCUT2D eigenvalue weighted by Crippen LogP contribution is -2.43. The molecule has 1 N–H and O–H groups in total. The van der Waals surface area contributed by atoms with Crippen LogP contribution >= 0.6 is 0 Å². The molecule has 1 aromatic rings. The van der Waals surface area contributed by atoms with Crippen LogP contribution in [-0.4, -0.2) is 13.2 Å². The third kappa shape index (κ3) is 3.99. The maximum absolute atomic E-state index is 5.43. The van der Waals surface area contributed by atoms with Gasteiger partial charge in [-0.2, -0.15) is 0 Å². The number of rotatable bonds is 4. The van der Waals surface area contributed by atoms with E-state index >= 15 is 0 Å². The molecule has 0 saturated heterocycles. The Kier molecular flexibility index (Phi) is 4.43. The first-order valence-electron chi connectivity index (χ1n) is 7.67. The fourth-order valence-electron chi connectivity index (χ4n) is 4.09. The van der Waals surface area contributed by atoms with Crippen LogP contribution in [0.3, 0.4) is 0 Å². The zero-order valence-corrected chi connectivity index (χ0v) is 13.6. The van der Waals surface area contributed by atoms with Gasteiger partial charge in [-0.1, -0.05) is 45.9 Å². The zero-order valence-electron chi connectivity index (χ0n) is 13.6. The SMILES string of the molecule is COc1ccccc1CNC1CC(C)(C)CC(C)(C)C1. The van der Waals surface area contributed by atoms with Gasteiger partial charge >= 0.3 is 0 Å². The highest BCUT2D eigenvalue weighted by atomic mass is 16.5. The molecule has 0 bridgehead atoms. The van der Waals surface area contributed by atoms with Gasteiger partial charge < -0.3 is 10.1 Å². The molecule has 1 aliphatic rings. The molecule has 1 aromatic carbocycles. The first-order valence-corrected chi connectivity index (χ1v) is 7.67. The molecule has 20 heavy (non-hydrogen) atoms. The molecule has 0 radical (unpaired) electrons. The topological polar surface area (TPSA) is 21.3 Å². The highest BCUT2D eigenvalue weighted by Gasteiger charge is 2.38. The van der Waals surface area contributed by atoms with Gasteiger partial charge in [0.05, 0.1) is 7.11 Å². The largest absolute Gasteiger partial charge is 0.496 e. The van der Waals surface area contributed by atoms with Crippen LogP contribution in [0.15, 0.2) is 24.3 Å². The van der Waals surface area contributed by atoms with Gasteiger partial charge in [-0.15, -0.1) is 0 Å². The van der Waals surface area contributed by atoms with Crippen LogP contribution in [0.5, 0.6) is 5.75 Å². The minimum atomic E-state index is 0.431. The molecular weight excluding hydrogens is 246 g/mol. The smallest absolute Gasteiger partial charge is 0.123 e. The first kappa shape index (κ1) is 15.4. The summed E-state index contributed by atoms with van der Waals surface area (Å²) in [6, 6.07) is 8.87. The molecule has 0 atom stereocenters. The van der Waals surface area contributed by atoms with Crippen LogP contribution in [0.25, 0.3) is 0 Å².